The summed E-state index contributed by atoms with van der Waals surface area (Å²) in [5, 5.41) is 80.1. The van der Waals surface area contributed by atoms with Crippen LogP contribution in [0.25, 0.3) is 0 Å². The Bertz CT molecular complexity index is 762. The molecule has 0 radical (unpaired) electrons. The molecule has 2 aliphatic heterocycles. The van der Waals surface area contributed by atoms with Gasteiger partial charge in [-0.05, 0) is 12.1 Å². The first-order chi connectivity index (χ1) is 15.1. The molecule has 14 nitrogen and oxygen atoms in total. The molecular formula is C18H25NO13. The number of aliphatic hydroxyl groups excluding tert-OH is 7. The topological polar surface area (TPSA) is 222 Å². The van der Waals surface area contributed by atoms with Crippen LogP contribution in [-0.2, 0) is 14.2 Å². The fourth-order valence-corrected chi connectivity index (χ4v) is 3.33. The van der Waals surface area contributed by atoms with Crippen LogP contribution in [0.15, 0.2) is 24.3 Å². The van der Waals surface area contributed by atoms with Gasteiger partial charge in [0.15, 0.2) is 6.29 Å². The summed E-state index contributed by atoms with van der Waals surface area (Å²) in [6.45, 7) is -1.17. The quantitative estimate of drug-likeness (QED) is 0.155. The Balaban J connectivity index is 1.64. The lowest BCUT2D eigenvalue weighted by Crippen LogP contribution is -2.62. The van der Waals surface area contributed by atoms with Crippen LogP contribution in [-0.4, -0.2) is 115 Å². The maximum Gasteiger partial charge on any atom is 0.269 e. The predicted octanol–water partition coefficient (Wildman–Crippen LogP) is -3.40. The van der Waals surface area contributed by atoms with Gasteiger partial charge >= 0.3 is 0 Å². The number of nitrogens with zero attached hydrogens (tertiary/aromatic N) is 1. The Hall–Kier alpha value is -1.98. The Morgan fingerprint density at radius 1 is 0.812 bits per heavy atom. The smallest absolute Gasteiger partial charge is 0.269 e. The number of nitro benzene ring substituents is 1. The molecule has 3 rings (SSSR count). The van der Waals surface area contributed by atoms with E-state index in [1.165, 1.54) is 12.1 Å². The summed E-state index contributed by atoms with van der Waals surface area (Å²) < 4.78 is 21.4. The molecule has 7 N–H and O–H groups in total. The van der Waals surface area contributed by atoms with E-state index in [0.717, 1.165) is 12.1 Å². The van der Waals surface area contributed by atoms with Crippen LogP contribution in [0, 0.1) is 10.1 Å². The van der Waals surface area contributed by atoms with Crippen molar-refractivity contribution < 1.29 is 59.6 Å². The summed E-state index contributed by atoms with van der Waals surface area (Å²) in [7, 11) is 0. The van der Waals surface area contributed by atoms with E-state index < -0.39 is 79.5 Å². The van der Waals surface area contributed by atoms with Crippen molar-refractivity contribution in [2.75, 3.05) is 13.2 Å². The van der Waals surface area contributed by atoms with Gasteiger partial charge in [0, 0.05) is 12.1 Å². The summed E-state index contributed by atoms with van der Waals surface area (Å²) in [4.78, 5) is 10.1. The van der Waals surface area contributed by atoms with Crippen molar-refractivity contribution in [2.45, 2.75) is 61.4 Å². The van der Waals surface area contributed by atoms with E-state index in [-0.39, 0.29) is 11.4 Å². The SMILES string of the molecule is O=[N+]([O-])c1ccc(O[C@@H]2O[C@H](CO[C@@H]3O[C@H](CO)[C@H](O)[C@@H](O)[C@H]3O)[C@H](O)[C@@H](O)[C@H]2O)cc1. The van der Waals surface area contributed by atoms with E-state index in [9.17, 15) is 45.9 Å². The maximum atomic E-state index is 10.7. The molecule has 32 heavy (non-hydrogen) atoms. The normalized spacial score (nSPS) is 40.1. The molecule has 1 aromatic carbocycles. The third kappa shape index (κ3) is 5.15. The zero-order valence-electron chi connectivity index (χ0n) is 16.5. The van der Waals surface area contributed by atoms with Gasteiger partial charge in [0.25, 0.3) is 5.69 Å². The minimum Gasteiger partial charge on any atom is -0.462 e. The third-order valence-electron chi connectivity index (χ3n) is 5.24. The third-order valence-corrected chi connectivity index (χ3v) is 5.24. The standard InChI is InChI=1S/C18H25NO13/c20-5-9-11(21)13(23)15(25)17(31-9)29-6-10-12(22)14(24)16(26)18(32-10)30-8-3-1-7(2-4-8)19(27)28/h1-4,9-18,20-26H,5-6H2/t9-,10-,11+,12+,13-,14-,15-,16-,17-,18-/m1/s1. The zero-order valence-corrected chi connectivity index (χ0v) is 16.5. The molecule has 0 saturated carbocycles. The van der Waals surface area contributed by atoms with Crippen LogP contribution < -0.4 is 4.74 Å². The van der Waals surface area contributed by atoms with Gasteiger partial charge in [-0.15, -0.1) is 0 Å². The highest BCUT2D eigenvalue weighted by Gasteiger charge is 2.47. The van der Waals surface area contributed by atoms with Crippen molar-refractivity contribution in [1.82, 2.24) is 0 Å². The highest BCUT2D eigenvalue weighted by Crippen LogP contribution is 2.27. The van der Waals surface area contributed by atoms with Gasteiger partial charge in [-0.25, -0.2) is 0 Å². The van der Waals surface area contributed by atoms with Gasteiger partial charge in [-0.2, -0.15) is 0 Å². The molecule has 0 amide bonds. The molecule has 0 aromatic heterocycles. The van der Waals surface area contributed by atoms with Crippen LogP contribution in [0.5, 0.6) is 5.75 Å². The number of rotatable bonds is 7. The molecule has 2 fully saturated rings. The fraction of sp³-hybridized carbons (Fsp3) is 0.667. The highest BCUT2D eigenvalue weighted by atomic mass is 16.7. The van der Waals surface area contributed by atoms with Crippen LogP contribution in [0.2, 0.25) is 0 Å². The van der Waals surface area contributed by atoms with Crippen LogP contribution in [0.1, 0.15) is 0 Å². The number of nitro groups is 1. The molecule has 14 heteroatoms. The second kappa shape index (κ2) is 10.3. The number of ether oxygens (including phenoxy) is 4. The predicted molar refractivity (Wildman–Crippen MR) is 100 cm³/mol. The molecular weight excluding hydrogens is 438 g/mol. The van der Waals surface area contributed by atoms with E-state index in [1.807, 2.05) is 0 Å². The summed E-state index contributed by atoms with van der Waals surface area (Å²) in [6, 6.07) is 4.83. The lowest BCUT2D eigenvalue weighted by molar-refractivity contribution is -0.384. The molecule has 180 valence electrons. The molecule has 10 atom stereocenters. The van der Waals surface area contributed by atoms with E-state index in [4.69, 9.17) is 18.9 Å². The monoisotopic (exact) mass is 463 g/mol. The zero-order chi connectivity index (χ0) is 23.6. The molecule has 0 bridgehead atoms. The van der Waals surface area contributed by atoms with Crippen molar-refractivity contribution in [3.63, 3.8) is 0 Å². The van der Waals surface area contributed by atoms with Gasteiger partial charge in [-0.1, -0.05) is 0 Å². The Morgan fingerprint density at radius 3 is 1.91 bits per heavy atom. The lowest BCUT2D eigenvalue weighted by Gasteiger charge is -2.42. The van der Waals surface area contributed by atoms with Crippen molar-refractivity contribution in [1.29, 1.82) is 0 Å². The molecule has 2 saturated heterocycles. The van der Waals surface area contributed by atoms with E-state index in [0.29, 0.717) is 0 Å². The Kier molecular flexibility index (Phi) is 7.94. The van der Waals surface area contributed by atoms with Gasteiger partial charge in [-0.3, -0.25) is 10.1 Å². The minimum absolute atomic E-state index is 0.0804. The number of non-ortho nitro benzene ring substituents is 1. The van der Waals surface area contributed by atoms with Gasteiger partial charge in [0.1, 0.15) is 54.6 Å². The number of benzene rings is 1. The summed E-state index contributed by atoms with van der Waals surface area (Å²) in [6.07, 6.45) is -15.4. The van der Waals surface area contributed by atoms with E-state index >= 15 is 0 Å². The minimum atomic E-state index is -1.71. The average Bonchev–Trinajstić information content (AvgIpc) is 2.78. The first-order valence-electron chi connectivity index (χ1n) is 9.67. The molecule has 2 aliphatic rings. The van der Waals surface area contributed by atoms with Gasteiger partial charge in [0.2, 0.25) is 6.29 Å². The lowest BCUT2D eigenvalue weighted by atomic mass is 9.98. The van der Waals surface area contributed by atoms with Crippen molar-refractivity contribution >= 4 is 5.69 Å². The molecule has 0 spiro atoms. The average molecular weight is 463 g/mol. The fourth-order valence-electron chi connectivity index (χ4n) is 3.33. The van der Waals surface area contributed by atoms with Crippen molar-refractivity contribution in [2.24, 2.45) is 0 Å². The molecule has 0 unspecified atom stereocenters. The van der Waals surface area contributed by atoms with Gasteiger partial charge < -0.3 is 54.7 Å². The van der Waals surface area contributed by atoms with E-state index in [2.05, 4.69) is 0 Å². The van der Waals surface area contributed by atoms with Crippen molar-refractivity contribution in [3.05, 3.63) is 34.4 Å². The first kappa shape index (κ1) is 24.7. The van der Waals surface area contributed by atoms with Crippen LogP contribution in [0.4, 0.5) is 5.69 Å². The highest BCUT2D eigenvalue weighted by molar-refractivity contribution is 5.36. The summed E-state index contributed by atoms with van der Waals surface area (Å²) in [5.41, 5.74) is -0.191. The number of hydrogen-bond acceptors (Lipinski definition) is 13. The van der Waals surface area contributed by atoms with Crippen LogP contribution in [0.3, 0.4) is 0 Å². The second-order valence-electron chi connectivity index (χ2n) is 7.41. The van der Waals surface area contributed by atoms with E-state index in [1.54, 1.807) is 0 Å². The van der Waals surface area contributed by atoms with Gasteiger partial charge in [0.05, 0.1) is 18.1 Å². The number of hydrogen-bond donors (Lipinski definition) is 7. The Morgan fingerprint density at radius 2 is 1.34 bits per heavy atom. The molecule has 2 heterocycles. The van der Waals surface area contributed by atoms with Crippen LogP contribution >= 0.6 is 0 Å². The second-order valence-corrected chi connectivity index (χ2v) is 7.41. The first-order valence-corrected chi connectivity index (χ1v) is 9.67. The Labute approximate surface area is 180 Å². The maximum absolute atomic E-state index is 10.7. The summed E-state index contributed by atoms with van der Waals surface area (Å²) >= 11 is 0. The summed E-state index contributed by atoms with van der Waals surface area (Å²) in [5.74, 6) is 0.0804. The molecule has 1 aromatic rings. The largest absolute Gasteiger partial charge is 0.462 e. The molecule has 0 aliphatic carbocycles. The van der Waals surface area contributed by atoms with Crippen molar-refractivity contribution in [3.8, 4) is 5.75 Å². The number of aliphatic hydroxyl groups is 7.